The first-order valence-electron chi connectivity index (χ1n) is 10.8. The lowest BCUT2D eigenvalue weighted by Crippen LogP contribution is -2.33. The van der Waals surface area contributed by atoms with E-state index in [9.17, 15) is 9.18 Å². The van der Waals surface area contributed by atoms with Crippen LogP contribution in [0.3, 0.4) is 0 Å². The van der Waals surface area contributed by atoms with Crippen LogP contribution in [0.15, 0.2) is 30.3 Å². The number of benzene rings is 2. The van der Waals surface area contributed by atoms with Crippen molar-refractivity contribution in [2.75, 3.05) is 19.7 Å². The largest absolute Gasteiger partial charge is 0.493 e. The van der Waals surface area contributed by atoms with Crippen molar-refractivity contribution in [2.45, 2.75) is 44.6 Å². The summed E-state index contributed by atoms with van der Waals surface area (Å²) in [5.41, 5.74) is 7.28. The monoisotopic (exact) mass is 464 g/mol. The number of nitrogens with two attached hydrogens (primary N) is 1. The highest BCUT2D eigenvalue weighted by atomic mass is 35.5. The van der Waals surface area contributed by atoms with E-state index in [-0.39, 0.29) is 5.56 Å². The van der Waals surface area contributed by atoms with E-state index in [4.69, 9.17) is 33.7 Å². The highest BCUT2D eigenvalue weighted by Gasteiger charge is 2.29. The molecule has 1 saturated carbocycles. The first-order valence-corrected chi connectivity index (χ1v) is 11.6. The zero-order chi connectivity index (χ0) is 22.0. The molecule has 0 atom stereocenters. The van der Waals surface area contributed by atoms with Crippen molar-refractivity contribution in [3.8, 4) is 5.75 Å². The molecule has 2 aliphatic rings. The standard InChI is InChI=1S/C24H27Cl2FN2O2/c25-18-9-16(10-19(26)11-18)14-29-6-3-15(4-7-29)5-8-31-23-13-22(27)21(24(28)30)12-20(23)17-1-2-17/h9-13,15,17H,1-8,14H2,(H2,28,30). The number of hydrogen-bond acceptors (Lipinski definition) is 3. The smallest absolute Gasteiger partial charge is 0.251 e. The second kappa shape index (κ2) is 9.76. The summed E-state index contributed by atoms with van der Waals surface area (Å²) in [6.07, 6.45) is 5.21. The highest BCUT2D eigenvalue weighted by Crippen LogP contribution is 2.45. The van der Waals surface area contributed by atoms with E-state index in [1.807, 2.05) is 12.1 Å². The molecule has 1 aliphatic heterocycles. The number of carbonyl (C=O) groups is 1. The minimum absolute atomic E-state index is 0.0531. The molecule has 1 heterocycles. The van der Waals surface area contributed by atoms with Crippen molar-refractivity contribution >= 4 is 29.1 Å². The SMILES string of the molecule is NC(=O)c1cc(C2CC2)c(OCCC2CCN(Cc3cc(Cl)cc(Cl)c3)CC2)cc1F. The van der Waals surface area contributed by atoms with Gasteiger partial charge in [0, 0.05) is 22.7 Å². The summed E-state index contributed by atoms with van der Waals surface area (Å²) in [6.45, 7) is 3.43. The Balaban J connectivity index is 1.27. The number of amides is 1. The van der Waals surface area contributed by atoms with Gasteiger partial charge in [0.2, 0.25) is 0 Å². The lowest BCUT2D eigenvalue weighted by molar-refractivity contribution is 0.0996. The number of ether oxygens (including phenoxy) is 1. The number of primary amides is 1. The predicted octanol–water partition coefficient (Wildman–Crippen LogP) is 5.79. The van der Waals surface area contributed by atoms with Gasteiger partial charge in [-0.3, -0.25) is 9.69 Å². The molecule has 0 unspecified atom stereocenters. The number of likely N-dealkylation sites (tertiary alicyclic amines) is 1. The van der Waals surface area contributed by atoms with Gasteiger partial charge < -0.3 is 10.5 Å². The van der Waals surface area contributed by atoms with Crippen molar-refractivity contribution in [3.63, 3.8) is 0 Å². The van der Waals surface area contributed by atoms with E-state index >= 15 is 0 Å². The zero-order valence-electron chi connectivity index (χ0n) is 17.4. The fourth-order valence-corrected chi connectivity index (χ4v) is 4.90. The maximum Gasteiger partial charge on any atom is 0.251 e. The van der Waals surface area contributed by atoms with Crippen LogP contribution in [-0.2, 0) is 6.54 Å². The molecular formula is C24H27Cl2FN2O2. The molecule has 0 radical (unpaired) electrons. The first-order chi connectivity index (χ1) is 14.9. The molecule has 2 aromatic rings. The molecule has 7 heteroatoms. The van der Waals surface area contributed by atoms with E-state index in [0.29, 0.717) is 34.2 Å². The van der Waals surface area contributed by atoms with E-state index < -0.39 is 11.7 Å². The third-order valence-corrected chi connectivity index (χ3v) is 6.64. The van der Waals surface area contributed by atoms with Gasteiger partial charge in [-0.1, -0.05) is 23.2 Å². The maximum atomic E-state index is 14.2. The topological polar surface area (TPSA) is 55.6 Å². The molecule has 1 aliphatic carbocycles. The number of nitrogens with zero attached hydrogens (tertiary/aromatic N) is 1. The van der Waals surface area contributed by atoms with Crippen LogP contribution in [0.2, 0.25) is 10.0 Å². The van der Waals surface area contributed by atoms with E-state index in [0.717, 1.165) is 62.9 Å². The third kappa shape index (κ3) is 5.91. The molecule has 4 nitrogen and oxygen atoms in total. The van der Waals surface area contributed by atoms with Gasteiger partial charge in [0.05, 0.1) is 12.2 Å². The summed E-state index contributed by atoms with van der Waals surface area (Å²) < 4.78 is 20.2. The number of halogens is 3. The molecule has 0 spiro atoms. The Hall–Kier alpha value is -1.82. The molecule has 2 aromatic carbocycles. The zero-order valence-corrected chi connectivity index (χ0v) is 18.9. The average Bonchev–Trinajstić information content (AvgIpc) is 3.53. The number of piperidine rings is 1. The fraction of sp³-hybridized carbons (Fsp3) is 0.458. The Morgan fingerprint density at radius 3 is 2.35 bits per heavy atom. The number of rotatable bonds is 8. The molecular weight excluding hydrogens is 438 g/mol. The van der Waals surface area contributed by atoms with Crippen LogP contribution in [0.5, 0.6) is 5.75 Å². The van der Waals surface area contributed by atoms with Gasteiger partial charge in [-0.25, -0.2) is 4.39 Å². The molecule has 0 aromatic heterocycles. The second-order valence-corrected chi connectivity index (χ2v) is 9.52. The quantitative estimate of drug-likeness (QED) is 0.537. The van der Waals surface area contributed by atoms with E-state index in [1.165, 1.54) is 6.07 Å². The summed E-state index contributed by atoms with van der Waals surface area (Å²) in [5, 5.41) is 1.33. The second-order valence-electron chi connectivity index (χ2n) is 8.64. The van der Waals surface area contributed by atoms with E-state index in [2.05, 4.69) is 4.90 Å². The van der Waals surface area contributed by atoms with Gasteiger partial charge in [0.1, 0.15) is 11.6 Å². The van der Waals surface area contributed by atoms with Crippen molar-refractivity contribution in [1.29, 1.82) is 0 Å². The van der Waals surface area contributed by atoms with Crippen LogP contribution in [0.4, 0.5) is 4.39 Å². The van der Waals surface area contributed by atoms with Gasteiger partial charge >= 0.3 is 0 Å². The Morgan fingerprint density at radius 2 is 1.74 bits per heavy atom. The molecule has 166 valence electrons. The van der Waals surface area contributed by atoms with Crippen molar-refractivity contribution < 1.29 is 13.9 Å². The lowest BCUT2D eigenvalue weighted by atomic mass is 9.93. The molecule has 2 fully saturated rings. The van der Waals surface area contributed by atoms with Gasteiger partial charge in [-0.2, -0.15) is 0 Å². The minimum Gasteiger partial charge on any atom is -0.493 e. The van der Waals surface area contributed by atoms with Crippen molar-refractivity contribution in [1.82, 2.24) is 4.90 Å². The summed E-state index contributed by atoms with van der Waals surface area (Å²) in [7, 11) is 0. The Bertz CT molecular complexity index is 937. The van der Waals surface area contributed by atoms with Gasteiger partial charge in [-0.05, 0) is 92.4 Å². The Morgan fingerprint density at radius 1 is 1.06 bits per heavy atom. The lowest BCUT2D eigenvalue weighted by Gasteiger charge is -2.32. The normalized spacial score (nSPS) is 17.6. The highest BCUT2D eigenvalue weighted by molar-refractivity contribution is 6.34. The Kier molecular flexibility index (Phi) is 7.05. The average molecular weight is 465 g/mol. The predicted molar refractivity (Wildman–Crippen MR) is 121 cm³/mol. The van der Waals surface area contributed by atoms with Crippen LogP contribution >= 0.6 is 23.2 Å². The fourth-order valence-electron chi connectivity index (χ4n) is 4.33. The van der Waals surface area contributed by atoms with Crippen LogP contribution in [-0.4, -0.2) is 30.5 Å². The molecule has 31 heavy (non-hydrogen) atoms. The van der Waals surface area contributed by atoms with Gasteiger partial charge in [0.15, 0.2) is 0 Å². The molecule has 1 saturated heterocycles. The molecule has 0 bridgehead atoms. The first kappa shape index (κ1) is 22.4. The number of carbonyl (C=O) groups excluding carboxylic acids is 1. The summed E-state index contributed by atoms with van der Waals surface area (Å²) in [5.74, 6) is 0.134. The molecule has 2 N–H and O–H groups in total. The van der Waals surface area contributed by atoms with Crippen LogP contribution in [0, 0.1) is 11.7 Å². The Labute approximate surface area is 192 Å². The molecule has 1 amide bonds. The summed E-state index contributed by atoms with van der Waals surface area (Å²) >= 11 is 12.2. The maximum absolute atomic E-state index is 14.2. The van der Waals surface area contributed by atoms with Crippen molar-refractivity contribution in [2.24, 2.45) is 11.7 Å². The summed E-state index contributed by atoms with van der Waals surface area (Å²) in [4.78, 5) is 13.9. The van der Waals surface area contributed by atoms with Crippen LogP contribution in [0.25, 0.3) is 0 Å². The van der Waals surface area contributed by atoms with Crippen LogP contribution in [0.1, 0.15) is 59.5 Å². The number of hydrogen-bond donors (Lipinski definition) is 1. The van der Waals surface area contributed by atoms with Gasteiger partial charge in [-0.15, -0.1) is 0 Å². The van der Waals surface area contributed by atoms with Gasteiger partial charge in [0.25, 0.3) is 5.91 Å². The van der Waals surface area contributed by atoms with E-state index in [1.54, 1.807) is 12.1 Å². The minimum atomic E-state index is -0.738. The third-order valence-electron chi connectivity index (χ3n) is 6.20. The van der Waals surface area contributed by atoms with Crippen molar-refractivity contribution in [3.05, 3.63) is 62.9 Å². The molecule has 4 rings (SSSR count). The van der Waals surface area contributed by atoms with Crippen LogP contribution < -0.4 is 10.5 Å². The summed E-state index contributed by atoms with van der Waals surface area (Å²) in [6, 6.07) is 8.58.